The van der Waals surface area contributed by atoms with Crippen LogP contribution in [0.2, 0.25) is 0 Å². The van der Waals surface area contributed by atoms with Crippen LogP contribution < -0.4 is 5.73 Å². The third-order valence-corrected chi connectivity index (χ3v) is 5.02. The van der Waals surface area contributed by atoms with Crippen molar-refractivity contribution in [2.24, 2.45) is 16.6 Å². The number of amides is 2. The molecule has 0 saturated carbocycles. The lowest BCUT2D eigenvalue weighted by atomic mass is 9.74. The minimum Gasteiger partial charge on any atom is -0.450 e. The van der Waals surface area contributed by atoms with E-state index in [0.29, 0.717) is 19.7 Å². The van der Waals surface area contributed by atoms with E-state index in [4.69, 9.17) is 10.5 Å². The molecule has 2 N–H and O–H groups in total. The van der Waals surface area contributed by atoms with E-state index in [0.717, 1.165) is 18.4 Å². The van der Waals surface area contributed by atoms with Crippen molar-refractivity contribution in [1.29, 1.82) is 0 Å². The summed E-state index contributed by atoms with van der Waals surface area (Å²) in [6.45, 7) is 3.16. The van der Waals surface area contributed by atoms with E-state index in [-0.39, 0.29) is 23.9 Å². The number of hydrogen-bond donors (Lipinski definition) is 1. The number of likely N-dealkylation sites (N-methyl/N-ethyl adjacent to an activating group) is 1. The second kappa shape index (κ2) is 6.74. The van der Waals surface area contributed by atoms with Crippen LogP contribution in [0.3, 0.4) is 0 Å². The second-order valence-electron chi connectivity index (χ2n) is 6.45. The summed E-state index contributed by atoms with van der Waals surface area (Å²) in [4.78, 5) is 33.0. The van der Waals surface area contributed by atoms with Gasteiger partial charge in [-0.05, 0) is 25.3 Å². The molecule has 0 aliphatic carbocycles. The molecule has 2 aliphatic heterocycles. The van der Waals surface area contributed by atoms with Crippen molar-refractivity contribution >= 4 is 18.0 Å². The number of benzene rings is 1. The molecule has 1 aromatic rings. The fourth-order valence-corrected chi connectivity index (χ4v) is 3.74. The van der Waals surface area contributed by atoms with Crippen LogP contribution in [0.25, 0.3) is 0 Å². The van der Waals surface area contributed by atoms with Gasteiger partial charge in [0.25, 0.3) is 5.91 Å². The number of nitrogens with two attached hydrogens (primary N) is 1. The predicted octanol–water partition coefficient (Wildman–Crippen LogP) is 1.54. The van der Waals surface area contributed by atoms with E-state index in [2.05, 4.69) is 4.99 Å². The molecule has 2 atom stereocenters. The van der Waals surface area contributed by atoms with Crippen LogP contribution in [0.5, 0.6) is 0 Å². The SMILES string of the molecule is CCOC(=O)N1CCCC(C2(c3ccccc3)N=C(N)N(C)C2=O)C1. The van der Waals surface area contributed by atoms with Gasteiger partial charge in [-0.15, -0.1) is 0 Å². The molecule has 1 saturated heterocycles. The quantitative estimate of drug-likeness (QED) is 0.901. The third kappa shape index (κ3) is 2.83. The first-order chi connectivity index (χ1) is 12.0. The number of carbonyl (C=O) groups excluding carboxylic acids is 2. The summed E-state index contributed by atoms with van der Waals surface area (Å²) in [7, 11) is 1.64. The number of nitrogens with zero attached hydrogens (tertiary/aromatic N) is 3. The van der Waals surface area contributed by atoms with Crippen molar-refractivity contribution in [2.45, 2.75) is 25.3 Å². The fourth-order valence-electron chi connectivity index (χ4n) is 3.74. The summed E-state index contributed by atoms with van der Waals surface area (Å²) >= 11 is 0. The Labute approximate surface area is 147 Å². The number of aliphatic imine (C=N–C) groups is 1. The Morgan fingerprint density at radius 2 is 2.12 bits per heavy atom. The number of rotatable bonds is 3. The summed E-state index contributed by atoms with van der Waals surface area (Å²) in [6.07, 6.45) is 1.25. The Morgan fingerprint density at radius 1 is 1.40 bits per heavy atom. The Bertz CT molecular complexity index is 691. The smallest absolute Gasteiger partial charge is 0.409 e. The van der Waals surface area contributed by atoms with Gasteiger partial charge < -0.3 is 15.4 Å². The van der Waals surface area contributed by atoms with Gasteiger partial charge in [0, 0.05) is 26.1 Å². The maximum atomic E-state index is 13.1. The average molecular weight is 344 g/mol. The lowest BCUT2D eigenvalue weighted by molar-refractivity contribution is -0.133. The van der Waals surface area contributed by atoms with E-state index in [1.165, 1.54) is 4.90 Å². The zero-order valence-corrected chi connectivity index (χ0v) is 14.6. The number of hydrogen-bond acceptors (Lipinski definition) is 5. The van der Waals surface area contributed by atoms with E-state index < -0.39 is 5.54 Å². The zero-order valence-electron chi connectivity index (χ0n) is 14.6. The van der Waals surface area contributed by atoms with Crippen molar-refractivity contribution < 1.29 is 14.3 Å². The highest BCUT2D eigenvalue weighted by Gasteiger charge is 2.54. The van der Waals surface area contributed by atoms with E-state index in [1.54, 1.807) is 18.9 Å². The number of carbonyl (C=O) groups is 2. The van der Waals surface area contributed by atoms with Crippen LogP contribution in [0.15, 0.2) is 35.3 Å². The van der Waals surface area contributed by atoms with Crippen molar-refractivity contribution in [3.8, 4) is 0 Å². The summed E-state index contributed by atoms with van der Waals surface area (Å²) in [5, 5.41) is 0. The largest absolute Gasteiger partial charge is 0.450 e. The first-order valence-corrected chi connectivity index (χ1v) is 8.61. The molecule has 2 aliphatic rings. The molecule has 134 valence electrons. The van der Waals surface area contributed by atoms with Crippen LogP contribution in [0, 0.1) is 5.92 Å². The number of ether oxygens (including phenoxy) is 1. The minimum absolute atomic E-state index is 0.146. The zero-order chi connectivity index (χ0) is 18.0. The first kappa shape index (κ1) is 17.3. The fraction of sp³-hybridized carbons (Fsp3) is 0.500. The summed E-state index contributed by atoms with van der Waals surface area (Å²) in [5.41, 5.74) is 5.71. The molecule has 1 aromatic carbocycles. The van der Waals surface area contributed by atoms with Gasteiger partial charge >= 0.3 is 6.09 Å². The molecule has 0 spiro atoms. The Kier molecular flexibility index (Phi) is 4.65. The van der Waals surface area contributed by atoms with Gasteiger partial charge in [0.2, 0.25) is 0 Å². The first-order valence-electron chi connectivity index (χ1n) is 8.61. The van der Waals surface area contributed by atoms with Gasteiger partial charge in [-0.3, -0.25) is 9.69 Å². The molecule has 0 aromatic heterocycles. The van der Waals surface area contributed by atoms with Crippen molar-refractivity contribution in [3.05, 3.63) is 35.9 Å². The Balaban J connectivity index is 1.99. The highest BCUT2D eigenvalue weighted by atomic mass is 16.6. The van der Waals surface area contributed by atoms with Gasteiger partial charge in [-0.1, -0.05) is 30.3 Å². The van der Waals surface area contributed by atoms with Crippen LogP contribution in [0.4, 0.5) is 4.79 Å². The van der Waals surface area contributed by atoms with Gasteiger partial charge in [0.1, 0.15) is 0 Å². The Morgan fingerprint density at radius 3 is 2.72 bits per heavy atom. The topological polar surface area (TPSA) is 88.2 Å². The maximum absolute atomic E-state index is 13.1. The molecule has 25 heavy (non-hydrogen) atoms. The van der Waals surface area contributed by atoms with Gasteiger partial charge in [0.05, 0.1) is 6.61 Å². The Hall–Kier alpha value is -2.57. The summed E-state index contributed by atoms with van der Waals surface area (Å²) in [5.74, 6) is -0.0851. The molecule has 0 radical (unpaired) electrons. The number of likely N-dealkylation sites (tertiary alicyclic amines) is 1. The number of guanidine groups is 1. The summed E-state index contributed by atoms with van der Waals surface area (Å²) < 4.78 is 5.13. The molecule has 2 heterocycles. The summed E-state index contributed by atoms with van der Waals surface area (Å²) in [6, 6.07) is 9.48. The third-order valence-electron chi connectivity index (χ3n) is 5.02. The van der Waals surface area contributed by atoms with Crippen LogP contribution in [-0.4, -0.2) is 54.5 Å². The van der Waals surface area contributed by atoms with Crippen LogP contribution in [0.1, 0.15) is 25.3 Å². The maximum Gasteiger partial charge on any atom is 0.409 e. The van der Waals surface area contributed by atoms with Gasteiger partial charge in [0.15, 0.2) is 11.5 Å². The van der Waals surface area contributed by atoms with Crippen LogP contribution in [-0.2, 0) is 15.1 Å². The standard InChI is InChI=1S/C18H24N4O3/c1-3-25-17(24)22-11-7-10-14(12-22)18(13-8-5-4-6-9-13)15(23)21(2)16(19)20-18/h4-6,8-9,14H,3,7,10-12H2,1-2H3,(H2,19,20). The lowest BCUT2D eigenvalue weighted by Crippen LogP contribution is -2.51. The molecular formula is C18H24N4O3. The lowest BCUT2D eigenvalue weighted by Gasteiger charge is -2.40. The highest BCUT2D eigenvalue weighted by Crippen LogP contribution is 2.43. The molecular weight excluding hydrogens is 320 g/mol. The van der Waals surface area contributed by atoms with E-state index >= 15 is 0 Å². The molecule has 1 fully saturated rings. The molecule has 7 heteroatoms. The van der Waals surface area contributed by atoms with Crippen molar-refractivity contribution in [2.75, 3.05) is 26.7 Å². The second-order valence-corrected chi connectivity index (χ2v) is 6.45. The molecule has 2 unspecified atom stereocenters. The van der Waals surface area contributed by atoms with Crippen LogP contribution >= 0.6 is 0 Å². The highest BCUT2D eigenvalue weighted by molar-refractivity contribution is 6.07. The molecule has 2 amide bonds. The van der Waals surface area contributed by atoms with Crippen molar-refractivity contribution in [1.82, 2.24) is 9.80 Å². The van der Waals surface area contributed by atoms with E-state index in [9.17, 15) is 9.59 Å². The molecule has 3 rings (SSSR count). The molecule has 0 bridgehead atoms. The predicted molar refractivity (Wildman–Crippen MR) is 93.8 cm³/mol. The van der Waals surface area contributed by atoms with E-state index in [1.807, 2.05) is 30.3 Å². The van der Waals surface area contributed by atoms with Crippen molar-refractivity contribution in [3.63, 3.8) is 0 Å². The minimum atomic E-state index is -1.08. The number of piperidine rings is 1. The normalized spacial score (nSPS) is 26.6. The average Bonchev–Trinajstić information content (AvgIpc) is 2.88. The van der Waals surface area contributed by atoms with Gasteiger partial charge in [-0.25, -0.2) is 9.79 Å². The molecule has 7 nitrogen and oxygen atoms in total. The monoisotopic (exact) mass is 344 g/mol. The van der Waals surface area contributed by atoms with Gasteiger partial charge in [-0.2, -0.15) is 0 Å².